The largest absolute Gasteiger partial charge is 0.497 e. The molecule has 0 aliphatic rings. The maximum atomic E-state index is 5.91. The fourth-order valence-corrected chi connectivity index (χ4v) is 1.76. The first-order valence-electron chi connectivity index (χ1n) is 6.97. The molecule has 0 amide bonds. The highest BCUT2D eigenvalue weighted by atomic mass is 16.5. The van der Waals surface area contributed by atoms with Crippen molar-refractivity contribution in [3.05, 3.63) is 29.8 Å². The molecule has 0 bridgehead atoms. The van der Waals surface area contributed by atoms with Crippen molar-refractivity contribution >= 4 is 0 Å². The Hall–Kier alpha value is -1.06. The number of benzene rings is 1. The maximum Gasteiger partial charge on any atom is 0.118 e. The number of nitrogens with one attached hydrogen (secondary N) is 1. The van der Waals surface area contributed by atoms with Gasteiger partial charge >= 0.3 is 0 Å². The number of ether oxygens (including phenoxy) is 2. The van der Waals surface area contributed by atoms with Crippen molar-refractivity contribution in [1.82, 2.24) is 5.32 Å². The van der Waals surface area contributed by atoms with Gasteiger partial charge in [-0.3, -0.25) is 0 Å². The zero-order chi connectivity index (χ0) is 14.3. The van der Waals surface area contributed by atoms with E-state index in [1.165, 1.54) is 5.56 Å². The second-order valence-corrected chi connectivity index (χ2v) is 5.70. The van der Waals surface area contributed by atoms with Crippen molar-refractivity contribution in [2.45, 2.75) is 45.8 Å². The van der Waals surface area contributed by atoms with Crippen LogP contribution in [0.2, 0.25) is 0 Å². The van der Waals surface area contributed by atoms with Crippen molar-refractivity contribution in [2.24, 2.45) is 0 Å². The van der Waals surface area contributed by atoms with Crippen LogP contribution in [-0.2, 0) is 4.74 Å². The van der Waals surface area contributed by atoms with Crippen LogP contribution in [0.25, 0.3) is 0 Å². The molecule has 0 aliphatic carbocycles. The Morgan fingerprint density at radius 3 is 2.26 bits per heavy atom. The highest BCUT2D eigenvalue weighted by Gasteiger charge is 2.16. The van der Waals surface area contributed by atoms with E-state index >= 15 is 0 Å². The molecule has 0 spiro atoms. The summed E-state index contributed by atoms with van der Waals surface area (Å²) in [6.07, 6.45) is 1.11. The molecule has 1 aromatic rings. The second-order valence-electron chi connectivity index (χ2n) is 5.70. The normalized spacial score (nSPS) is 13.3. The van der Waals surface area contributed by atoms with Gasteiger partial charge in [0.25, 0.3) is 0 Å². The van der Waals surface area contributed by atoms with E-state index in [9.17, 15) is 0 Å². The highest BCUT2D eigenvalue weighted by molar-refractivity contribution is 5.29. The molecular formula is C16H27NO2. The van der Waals surface area contributed by atoms with Crippen molar-refractivity contribution in [2.75, 3.05) is 20.3 Å². The predicted molar refractivity (Wildman–Crippen MR) is 79.7 cm³/mol. The van der Waals surface area contributed by atoms with Gasteiger partial charge in [-0.1, -0.05) is 19.1 Å². The van der Waals surface area contributed by atoms with Gasteiger partial charge in [0.15, 0.2) is 0 Å². The van der Waals surface area contributed by atoms with Gasteiger partial charge in [0, 0.05) is 0 Å². The van der Waals surface area contributed by atoms with E-state index in [1.807, 2.05) is 12.1 Å². The molecule has 0 fully saturated rings. The third kappa shape index (κ3) is 6.08. The fourth-order valence-electron chi connectivity index (χ4n) is 1.76. The molecule has 3 heteroatoms. The Morgan fingerprint density at radius 2 is 1.79 bits per heavy atom. The van der Waals surface area contributed by atoms with Gasteiger partial charge in [-0.25, -0.2) is 0 Å². The highest BCUT2D eigenvalue weighted by Crippen LogP contribution is 2.20. The molecule has 3 nitrogen and oxygen atoms in total. The molecule has 1 N–H and O–H groups in total. The monoisotopic (exact) mass is 265 g/mol. The molecule has 0 aliphatic heterocycles. The van der Waals surface area contributed by atoms with Gasteiger partial charge in [-0.2, -0.15) is 0 Å². The summed E-state index contributed by atoms with van der Waals surface area (Å²) in [7, 11) is 1.69. The number of methoxy groups -OCH3 is 1. The van der Waals surface area contributed by atoms with Crippen molar-refractivity contribution < 1.29 is 9.47 Å². The standard InChI is InChI=1S/C16H27NO2/c1-6-11-17-15(12-19-16(2,3)4)13-7-9-14(18-5)10-8-13/h7-10,15,17H,6,11-12H2,1-5H3. The Labute approximate surface area is 117 Å². The molecule has 108 valence electrons. The summed E-state index contributed by atoms with van der Waals surface area (Å²) in [5.41, 5.74) is 1.12. The minimum Gasteiger partial charge on any atom is -0.497 e. The summed E-state index contributed by atoms with van der Waals surface area (Å²) < 4.78 is 11.1. The van der Waals surface area contributed by atoms with E-state index in [4.69, 9.17) is 9.47 Å². The molecule has 0 heterocycles. The van der Waals surface area contributed by atoms with E-state index in [-0.39, 0.29) is 11.6 Å². The van der Waals surface area contributed by atoms with Gasteiger partial charge < -0.3 is 14.8 Å². The Kier molecular flexibility index (Phi) is 6.32. The lowest BCUT2D eigenvalue weighted by atomic mass is 10.1. The molecular weight excluding hydrogens is 238 g/mol. The lowest BCUT2D eigenvalue weighted by molar-refractivity contribution is -0.0147. The Bertz CT molecular complexity index is 354. The van der Waals surface area contributed by atoms with Gasteiger partial charge in [0.2, 0.25) is 0 Å². The van der Waals surface area contributed by atoms with E-state index in [0.717, 1.165) is 18.7 Å². The van der Waals surface area contributed by atoms with Crippen LogP contribution in [0.1, 0.15) is 45.7 Å². The molecule has 1 atom stereocenters. The van der Waals surface area contributed by atoms with Crippen LogP contribution in [0, 0.1) is 0 Å². The van der Waals surface area contributed by atoms with Crippen LogP contribution < -0.4 is 10.1 Å². The minimum atomic E-state index is -0.112. The van der Waals surface area contributed by atoms with E-state index in [2.05, 4.69) is 45.1 Å². The summed E-state index contributed by atoms with van der Waals surface area (Å²) in [5, 5.41) is 3.53. The second kappa shape index (κ2) is 7.51. The van der Waals surface area contributed by atoms with Crippen molar-refractivity contribution in [3.8, 4) is 5.75 Å². The van der Waals surface area contributed by atoms with E-state index in [0.29, 0.717) is 6.61 Å². The zero-order valence-corrected chi connectivity index (χ0v) is 12.8. The van der Waals surface area contributed by atoms with Crippen LogP contribution in [0.3, 0.4) is 0 Å². The van der Waals surface area contributed by atoms with Crippen LogP contribution in [-0.4, -0.2) is 25.9 Å². The quantitative estimate of drug-likeness (QED) is 0.818. The summed E-state index contributed by atoms with van der Waals surface area (Å²) in [5.74, 6) is 0.884. The molecule has 1 rings (SSSR count). The number of rotatable bonds is 7. The molecule has 0 saturated heterocycles. The van der Waals surface area contributed by atoms with Crippen LogP contribution in [0.5, 0.6) is 5.75 Å². The van der Waals surface area contributed by atoms with Crippen molar-refractivity contribution in [1.29, 1.82) is 0 Å². The number of hydrogen-bond acceptors (Lipinski definition) is 3. The molecule has 1 unspecified atom stereocenters. The average Bonchev–Trinajstić information content (AvgIpc) is 2.38. The predicted octanol–water partition coefficient (Wildman–Crippen LogP) is 3.55. The van der Waals surface area contributed by atoms with Crippen LogP contribution >= 0.6 is 0 Å². The van der Waals surface area contributed by atoms with Gasteiger partial charge in [-0.15, -0.1) is 0 Å². The van der Waals surface area contributed by atoms with E-state index < -0.39 is 0 Å². The smallest absolute Gasteiger partial charge is 0.118 e. The maximum absolute atomic E-state index is 5.91. The zero-order valence-electron chi connectivity index (χ0n) is 12.8. The van der Waals surface area contributed by atoms with Gasteiger partial charge in [-0.05, 0) is 51.4 Å². The molecule has 19 heavy (non-hydrogen) atoms. The third-order valence-electron chi connectivity index (χ3n) is 2.84. The summed E-state index contributed by atoms with van der Waals surface area (Å²) >= 11 is 0. The topological polar surface area (TPSA) is 30.5 Å². The average molecular weight is 265 g/mol. The first kappa shape index (κ1) is 16.0. The first-order valence-corrected chi connectivity index (χ1v) is 6.97. The van der Waals surface area contributed by atoms with Gasteiger partial charge in [0.1, 0.15) is 5.75 Å². The number of hydrogen-bond donors (Lipinski definition) is 1. The summed E-state index contributed by atoms with van der Waals surface area (Å²) in [4.78, 5) is 0. The van der Waals surface area contributed by atoms with Crippen LogP contribution in [0.4, 0.5) is 0 Å². The molecule has 0 saturated carbocycles. The third-order valence-corrected chi connectivity index (χ3v) is 2.84. The van der Waals surface area contributed by atoms with Crippen LogP contribution in [0.15, 0.2) is 24.3 Å². The Balaban J connectivity index is 2.70. The summed E-state index contributed by atoms with van der Waals surface area (Å²) in [6, 6.07) is 8.40. The SMILES string of the molecule is CCCNC(COC(C)(C)C)c1ccc(OC)cc1. The fraction of sp³-hybridized carbons (Fsp3) is 0.625. The van der Waals surface area contributed by atoms with E-state index in [1.54, 1.807) is 7.11 Å². The summed E-state index contributed by atoms with van der Waals surface area (Å²) in [6.45, 7) is 10.1. The minimum absolute atomic E-state index is 0.112. The van der Waals surface area contributed by atoms with Crippen molar-refractivity contribution in [3.63, 3.8) is 0 Å². The van der Waals surface area contributed by atoms with Gasteiger partial charge in [0.05, 0.1) is 25.4 Å². The molecule has 0 radical (unpaired) electrons. The Morgan fingerprint density at radius 1 is 1.16 bits per heavy atom. The lowest BCUT2D eigenvalue weighted by Gasteiger charge is -2.25. The first-order chi connectivity index (χ1) is 8.96. The lowest BCUT2D eigenvalue weighted by Crippen LogP contribution is -2.30. The molecule has 1 aromatic carbocycles. The molecule has 0 aromatic heterocycles.